The van der Waals surface area contributed by atoms with Crippen LogP contribution < -0.4 is 26.6 Å². The van der Waals surface area contributed by atoms with Gasteiger partial charge in [-0.2, -0.15) is 0 Å². The number of carbonyl (C=O) groups excluding carboxylic acids is 7. The van der Waals surface area contributed by atoms with Gasteiger partial charge in [-0.1, -0.05) is 51.1 Å². The number of benzene rings is 1. The molecule has 0 radical (unpaired) electrons. The minimum Gasteiger partial charge on any atom is -0.354 e. The van der Waals surface area contributed by atoms with Crippen molar-refractivity contribution in [2.75, 3.05) is 26.2 Å². The second-order valence-electron chi connectivity index (χ2n) is 10.9. The number of hydrogen-bond donors (Lipinski definition) is 5. The number of nitrogens with zero attached hydrogens (tertiary/aromatic N) is 1. The van der Waals surface area contributed by atoms with Crippen molar-refractivity contribution in [2.45, 2.75) is 52.6 Å². The molecule has 1 aromatic carbocycles. The molecule has 2 rings (SSSR count). The summed E-state index contributed by atoms with van der Waals surface area (Å²) in [4.78, 5) is 86.2. The first kappa shape index (κ1) is 32.7. The lowest BCUT2D eigenvalue weighted by atomic mass is 9.97. The van der Waals surface area contributed by atoms with E-state index in [1.165, 1.54) is 6.92 Å². The first-order valence-corrected chi connectivity index (χ1v) is 13.2. The Labute approximate surface area is 238 Å². The average Bonchev–Trinajstić information content (AvgIpc) is 3.25. The van der Waals surface area contributed by atoms with Crippen LogP contribution in [0.25, 0.3) is 0 Å². The van der Waals surface area contributed by atoms with Crippen LogP contribution in [0, 0.1) is 5.41 Å². The molecule has 0 saturated heterocycles. The summed E-state index contributed by atoms with van der Waals surface area (Å²) in [5.74, 6) is -3.82. The predicted octanol–water partition coefficient (Wildman–Crippen LogP) is -1.07. The van der Waals surface area contributed by atoms with E-state index in [0.717, 1.165) is 22.6 Å². The molecule has 13 heteroatoms. The molecule has 0 spiro atoms. The highest BCUT2D eigenvalue weighted by atomic mass is 16.2. The van der Waals surface area contributed by atoms with Gasteiger partial charge in [0.05, 0.1) is 19.6 Å². The summed E-state index contributed by atoms with van der Waals surface area (Å²) < 4.78 is 0. The highest BCUT2D eigenvalue weighted by molar-refractivity contribution is 6.13. The molecule has 0 saturated carbocycles. The fourth-order valence-electron chi connectivity index (χ4n) is 3.72. The van der Waals surface area contributed by atoms with Crippen molar-refractivity contribution in [3.63, 3.8) is 0 Å². The van der Waals surface area contributed by atoms with Crippen LogP contribution in [0.1, 0.15) is 39.7 Å². The molecule has 13 nitrogen and oxygen atoms in total. The molecule has 0 aliphatic carbocycles. The summed E-state index contributed by atoms with van der Waals surface area (Å²) in [7, 11) is 0. The van der Waals surface area contributed by atoms with E-state index in [9.17, 15) is 33.6 Å². The summed E-state index contributed by atoms with van der Waals surface area (Å²) in [5, 5.41) is 12.6. The number of rotatable bonds is 14. The Balaban J connectivity index is 1.82. The lowest BCUT2D eigenvalue weighted by Gasteiger charge is -2.21. The van der Waals surface area contributed by atoms with Gasteiger partial charge in [0.2, 0.25) is 29.5 Å². The Morgan fingerprint density at radius 3 is 1.90 bits per heavy atom. The standard InChI is InChI=1S/C28H38N6O7/c1-18(34-25(39)10-11-26(34)40)12-21(35)29-14-22(36)30-16-24(38)33-20(13-19-8-6-5-7-9-19)27(41)31-15-23(37)32-17-28(2,3)4/h5-11,18,20H,12-17H2,1-4H3,(H,29,35)(H,30,36)(H,31,41)(H,32,37)(H,33,38)/t18?,20-/m0/s1. The molecule has 2 atom stereocenters. The zero-order chi connectivity index (χ0) is 30.6. The molecule has 1 heterocycles. The highest BCUT2D eigenvalue weighted by Crippen LogP contribution is 2.12. The van der Waals surface area contributed by atoms with Crippen molar-refractivity contribution in [1.82, 2.24) is 31.5 Å². The van der Waals surface area contributed by atoms with Gasteiger partial charge in [0.1, 0.15) is 6.04 Å². The molecule has 5 N–H and O–H groups in total. The Kier molecular flexibility index (Phi) is 12.2. The van der Waals surface area contributed by atoms with Crippen molar-refractivity contribution >= 4 is 41.4 Å². The molecule has 1 aliphatic rings. The fraction of sp³-hybridized carbons (Fsp3) is 0.464. The molecule has 7 amide bonds. The lowest BCUT2D eigenvalue weighted by Crippen LogP contribution is -2.52. The van der Waals surface area contributed by atoms with Crippen LogP contribution in [0.3, 0.4) is 0 Å². The zero-order valence-electron chi connectivity index (χ0n) is 23.7. The predicted molar refractivity (Wildman–Crippen MR) is 149 cm³/mol. The first-order valence-electron chi connectivity index (χ1n) is 13.2. The van der Waals surface area contributed by atoms with Gasteiger partial charge in [-0.15, -0.1) is 0 Å². The van der Waals surface area contributed by atoms with Gasteiger partial charge in [-0.05, 0) is 17.9 Å². The fourth-order valence-corrected chi connectivity index (χ4v) is 3.72. The zero-order valence-corrected chi connectivity index (χ0v) is 23.7. The van der Waals surface area contributed by atoms with Crippen molar-refractivity contribution in [3.8, 4) is 0 Å². The summed E-state index contributed by atoms with van der Waals surface area (Å²) in [5.41, 5.74) is 0.653. The number of amides is 7. The van der Waals surface area contributed by atoms with E-state index in [4.69, 9.17) is 0 Å². The third kappa shape index (κ3) is 12.0. The highest BCUT2D eigenvalue weighted by Gasteiger charge is 2.29. The van der Waals surface area contributed by atoms with Gasteiger partial charge >= 0.3 is 0 Å². The average molecular weight is 571 g/mol. The molecule has 0 fully saturated rings. The van der Waals surface area contributed by atoms with E-state index in [-0.39, 0.29) is 30.7 Å². The maximum atomic E-state index is 12.8. The SMILES string of the molecule is CC(CC(=O)NCC(=O)NCC(=O)N[C@@H](Cc1ccccc1)C(=O)NCC(=O)NCC(C)(C)C)N1C(=O)C=CC1=O. The molecule has 0 aromatic heterocycles. The summed E-state index contributed by atoms with van der Waals surface area (Å²) in [6, 6.07) is 7.27. The van der Waals surface area contributed by atoms with Gasteiger partial charge in [0, 0.05) is 37.6 Å². The summed E-state index contributed by atoms with van der Waals surface area (Å²) in [6.07, 6.45) is 2.20. The number of imide groups is 1. The molecule has 1 aromatic rings. The third-order valence-corrected chi connectivity index (χ3v) is 5.83. The second kappa shape index (κ2) is 15.3. The maximum absolute atomic E-state index is 12.8. The van der Waals surface area contributed by atoms with Gasteiger partial charge in [0.15, 0.2) is 0 Å². The second-order valence-corrected chi connectivity index (χ2v) is 10.9. The Bertz CT molecular complexity index is 1160. The van der Waals surface area contributed by atoms with Crippen LogP contribution in [-0.4, -0.2) is 84.5 Å². The van der Waals surface area contributed by atoms with E-state index < -0.39 is 60.6 Å². The van der Waals surface area contributed by atoms with E-state index in [2.05, 4.69) is 26.6 Å². The van der Waals surface area contributed by atoms with Crippen molar-refractivity contribution in [2.24, 2.45) is 5.41 Å². The van der Waals surface area contributed by atoms with Gasteiger partial charge in [-0.25, -0.2) is 0 Å². The molecule has 41 heavy (non-hydrogen) atoms. The summed E-state index contributed by atoms with van der Waals surface area (Å²) >= 11 is 0. The Hall–Kier alpha value is -4.55. The minimum absolute atomic E-state index is 0.124. The van der Waals surface area contributed by atoms with Crippen LogP contribution in [0.4, 0.5) is 0 Å². The van der Waals surface area contributed by atoms with Gasteiger partial charge in [0.25, 0.3) is 11.8 Å². The van der Waals surface area contributed by atoms with E-state index >= 15 is 0 Å². The van der Waals surface area contributed by atoms with Crippen molar-refractivity contribution in [1.29, 1.82) is 0 Å². The Morgan fingerprint density at radius 1 is 0.756 bits per heavy atom. The maximum Gasteiger partial charge on any atom is 0.253 e. The lowest BCUT2D eigenvalue weighted by molar-refractivity contribution is -0.140. The van der Waals surface area contributed by atoms with Crippen LogP contribution in [-0.2, 0) is 40.0 Å². The monoisotopic (exact) mass is 570 g/mol. The van der Waals surface area contributed by atoms with Crippen LogP contribution in [0.2, 0.25) is 0 Å². The number of carbonyl (C=O) groups is 7. The van der Waals surface area contributed by atoms with Crippen LogP contribution in [0.5, 0.6) is 0 Å². The largest absolute Gasteiger partial charge is 0.354 e. The minimum atomic E-state index is -1.01. The molecule has 0 bridgehead atoms. The van der Waals surface area contributed by atoms with Crippen molar-refractivity contribution < 1.29 is 33.6 Å². The van der Waals surface area contributed by atoms with Crippen molar-refractivity contribution in [3.05, 3.63) is 48.0 Å². The smallest absolute Gasteiger partial charge is 0.253 e. The first-order chi connectivity index (χ1) is 19.2. The topological polar surface area (TPSA) is 183 Å². The van der Waals surface area contributed by atoms with Gasteiger partial charge in [-0.3, -0.25) is 38.5 Å². The van der Waals surface area contributed by atoms with Crippen LogP contribution >= 0.6 is 0 Å². The number of nitrogens with one attached hydrogen (secondary N) is 5. The van der Waals surface area contributed by atoms with Crippen LogP contribution in [0.15, 0.2) is 42.5 Å². The molecule has 222 valence electrons. The molecule has 1 unspecified atom stereocenters. The molecule has 1 aliphatic heterocycles. The quantitative estimate of drug-likeness (QED) is 0.176. The van der Waals surface area contributed by atoms with Gasteiger partial charge < -0.3 is 26.6 Å². The molecular formula is C28H38N6O7. The van der Waals surface area contributed by atoms with E-state index in [1.54, 1.807) is 24.3 Å². The molecular weight excluding hydrogens is 532 g/mol. The Morgan fingerprint density at radius 2 is 1.29 bits per heavy atom. The number of hydrogen-bond acceptors (Lipinski definition) is 7. The van der Waals surface area contributed by atoms with E-state index in [1.807, 2.05) is 26.8 Å². The van der Waals surface area contributed by atoms with E-state index in [0.29, 0.717) is 6.54 Å². The summed E-state index contributed by atoms with van der Waals surface area (Å²) in [6.45, 7) is 6.70. The third-order valence-electron chi connectivity index (χ3n) is 5.83. The normalized spacial score (nSPS) is 14.2.